The molecule has 21 heavy (non-hydrogen) atoms. The molecule has 2 aromatic rings. The molecule has 0 radical (unpaired) electrons. The van der Waals surface area contributed by atoms with Crippen LogP contribution in [0.4, 0.5) is 0 Å². The van der Waals surface area contributed by atoms with E-state index in [2.05, 4.69) is 22.3 Å². The van der Waals surface area contributed by atoms with E-state index in [-0.39, 0.29) is 0 Å². The van der Waals surface area contributed by atoms with Crippen molar-refractivity contribution in [2.45, 2.75) is 37.5 Å². The second-order valence-electron chi connectivity index (χ2n) is 5.26. The minimum absolute atomic E-state index is 0.399. The van der Waals surface area contributed by atoms with E-state index in [0.717, 1.165) is 18.1 Å². The average molecular weight is 304 g/mol. The van der Waals surface area contributed by atoms with Crippen molar-refractivity contribution in [1.82, 2.24) is 10.2 Å². The van der Waals surface area contributed by atoms with E-state index in [0.29, 0.717) is 24.3 Å². The van der Waals surface area contributed by atoms with Crippen LogP contribution in [0.1, 0.15) is 36.6 Å². The summed E-state index contributed by atoms with van der Waals surface area (Å²) in [5.74, 6) is 3.17. The molecular formula is C16H20N2O2S. The van der Waals surface area contributed by atoms with E-state index in [1.54, 1.807) is 0 Å². The maximum atomic E-state index is 5.71. The average Bonchev–Trinajstić information content (AvgIpc) is 2.97. The van der Waals surface area contributed by atoms with Crippen LogP contribution in [0.2, 0.25) is 0 Å². The highest BCUT2D eigenvalue weighted by Gasteiger charge is 2.14. The third-order valence-electron chi connectivity index (χ3n) is 3.51. The predicted octanol–water partition coefficient (Wildman–Crippen LogP) is 3.46. The molecule has 1 atom stereocenters. The molecule has 0 aliphatic carbocycles. The lowest BCUT2D eigenvalue weighted by atomic mass is 10.1. The summed E-state index contributed by atoms with van der Waals surface area (Å²) in [6, 6.07) is 10.2. The van der Waals surface area contributed by atoms with Crippen molar-refractivity contribution in [2.24, 2.45) is 0 Å². The summed E-state index contributed by atoms with van der Waals surface area (Å²) < 4.78 is 11.4. The van der Waals surface area contributed by atoms with Crippen LogP contribution in [0.5, 0.6) is 0 Å². The molecule has 1 aliphatic rings. The molecule has 1 fully saturated rings. The van der Waals surface area contributed by atoms with Gasteiger partial charge in [-0.05, 0) is 24.8 Å². The third kappa shape index (κ3) is 4.58. The first-order valence-corrected chi connectivity index (χ1v) is 8.60. The van der Waals surface area contributed by atoms with Gasteiger partial charge in [0.1, 0.15) is 0 Å². The van der Waals surface area contributed by atoms with Crippen molar-refractivity contribution >= 4 is 11.8 Å². The SMILES string of the molecule is c1ccc(Cc2nnc(CSC[C@H]3CCCCO3)o2)cc1. The van der Waals surface area contributed by atoms with Gasteiger partial charge in [-0.3, -0.25) is 0 Å². The molecule has 1 saturated heterocycles. The van der Waals surface area contributed by atoms with Gasteiger partial charge < -0.3 is 9.15 Å². The van der Waals surface area contributed by atoms with Crippen LogP contribution in [0.3, 0.4) is 0 Å². The number of thioether (sulfide) groups is 1. The van der Waals surface area contributed by atoms with Crippen LogP contribution in [-0.4, -0.2) is 28.7 Å². The summed E-state index contributed by atoms with van der Waals surface area (Å²) in [4.78, 5) is 0. The Kier molecular flexibility index (Phi) is 5.29. The lowest BCUT2D eigenvalue weighted by Crippen LogP contribution is -2.21. The summed E-state index contributed by atoms with van der Waals surface area (Å²) >= 11 is 1.81. The highest BCUT2D eigenvalue weighted by Crippen LogP contribution is 2.20. The minimum atomic E-state index is 0.399. The zero-order valence-corrected chi connectivity index (χ0v) is 12.8. The molecule has 1 aliphatic heterocycles. The zero-order chi connectivity index (χ0) is 14.3. The zero-order valence-electron chi connectivity index (χ0n) is 12.0. The van der Waals surface area contributed by atoms with Gasteiger partial charge >= 0.3 is 0 Å². The fraction of sp³-hybridized carbons (Fsp3) is 0.500. The van der Waals surface area contributed by atoms with Gasteiger partial charge in [0.05, 0.1) is 18.3 Å². The molecule has 1 aromatic heterocycles. The van der Waals surface area contributed by atoms with Crippen molar-refractivity contribution in [2.75, 3.05) is 12.4 Å². The maximum absolute atomic E-state index is 5.71. The Morgan fingerprint density at radius 3 is 2.76 bits per heavy atom. The fourth-order valence-electron chi connectivity index (χ4n) is 2.41. The summed E-state index contributed by atoms with van der Waals surface area (Å²) in [7, 11) is 0. The van der Waals surface area contributed by atoms with Gasteiger partial charge in [0.25, 0.3) is 0 Å². The van der Waals surface area contributed by atoms with E-state index in [1.807, 2.05) is 30.0 Å². The smallest absolute Gasteiger partial charge is 0.226 e. The van der Waals surface area contributed by atoms with Gasteiger partial charge in [0.15, 0.2) is 0 Å². The van der Waals surface area contributed by atoms with Crippen molar-refractivity contribution in [3.63, 3.8) is 0 Å². The Morgan fingerprint density at radius 1 is 1.10 bits per heavy atom. The molecule has 0 N–H and O–H groups in total. The molecule has 2 heterocycles. The van der Waals surface area contributed by atoms with Crippen LogP contribution >= 0.6 is 11.8 Å². The second kappa shape index (κ2) is 7.61. The number of hydrogen-bond acceptors (Lipinski definition) is 5. The van der Waals surface area contributed by atoms with Gasteiger partial charge in [0, 0.05) is 12.4 Å². The second-order valence-corrected chi connectivity index (χ2v) is 6.29. The van der Waals surface area contributed by atoms with Crippen LogP contribution in [0.15, 0.2) is 34.7 Å². The predicted molar refractivity (Wildman–Crippen MR) is 83.3 cm³/mol. The first-order chi connectivity index (χ1) is 10.4. The lowest BCUT2D eigenvalue weighted by Gasteiger charge is -2.21. The van der Waals surface area contributed by atoms with E-state index in [1.165, 1.54) is 24.8 Å². The molecule has 0 bridgehead atoms. The molecule has 0 saturated carbocycles. The summed E-state index contributed by atoms with van der Waals surface area (Å²) in [6.07, 6.45) is 4.76. The lowest BCUT2D eigenvalue weighted by molar-refractivity contribution is 0.0315. The summed E-state index contributed by atoms with van der Waals surface area (Å²) in [6.45, 7) is 0.910. The Hall–Kier alpha value is -1.33. The van der Waals surface area contributed by atoms with Crippen molar-refractivity contribution < 1.29 is 9.15 Å². The maximum Gasteiger partial charge on any atom is 0.226 e. The number of rotatable bonds is 6. The summed E-state index contributed by atoms with van der Waals surface area (Å²) in [5, 5.41) is 8.23. The quantitative estimate of drug-likeness (QED) is 0.818. The number of aromatic nitrogens is 2. The van der Waals surface area contributed by atoms with Gasteiger partial charge in [-0.2, -0.15) is 0 Å². The molecule has 4 nitrogen and oxygen atoms in total. The van der Waals surface area contributed by atoms with Crippen LogP contribution < -0.4 is 0 Å². The Bertz CT molecular complexity index is 538. The number of hydrogen-bond donors (Lipinski definition) is 0. The molecule has 3 rings (SSSR count). The van der Waals surface area contributed by atoms with Crippen LogP contribution in [-0.2, 0) is 16.9 Å². The molecule has 1 aromatic carbocycles. The Balaban J connectivity index is 1.44. The highest BCUT2D eigenvalue weighted by atomic mass is 32.2. The van der Waals surface area contributed by atoms with Gasteiger partial charge in [-0.15, -0.1) is 22.0 Å². The molecule has 0 amide bonds. The molecule has 0 spiro atoms. The monoisotopic (exact) mass is 304 g/mol. The number of ether oxygens (including phenoxy) is 1. The van der Waals surface area contributed by atoms with Gasteiger partial charge in [-0.25, -0.2) is 0 Å². The summed E-state index contributed by atoms with van der Waals surface area (Å²) in [5.41, 5.74) is 1.19. The first kappa shape index (κ1) is 14.6. The first-order valence-electron chi connectivity index (χ1n) is 7.45. The third-order valence-corrected chi connectivity index (χ3v) is 4.57. The van der Waals surface area contributed by atoms with E-state index < -0.39 is 0 Å². The largest absolute Gasteiger partial charge is 0.424 e. The minimum Gasteiger partial charge on any atom is -0.424 e. The van der Waals surface area contributed by atoms with E-state index in [9.17, 15) is 0 Å². The fourth-order valence-corrected chi connectivity index (χ4v) is 3.34. The topological polar surface area (TPSA) is 48.2 Å². The highest BCUT2D eigenvalue weighted by molar-refractivity contribution is 7.98. The molecule has 0 unspecified atom stereocenters. The Labute approximate surface area is 129 Å². The molecular weight excluding hydrogens is 284 g/mol. The van der Waals surface area contributed by atoms with Gasteiger partial charge in [0.2, 0.25) is 11.8 Å². The molecule has 112 valence electrons. The normalized spacial score (nSPS) is 18.8. The van der Waals surface area contributed by atoms with Crippen molar-refractivity contribution in [3.8, 4) is 0 Å². The van der Waals surface area contributed by atoms with E-state index >= 15 is 0 Å². The number of benzene rings is 1. The van der Waals surface area contributed by atoms with Crippen LogP contribution in [0, 0.1) is 0 Å². The van der Waals surface area contributed by atoms with Crippen LogP contribution in [0.25, 0.3) is 0 Å². The van der Waals surface area contributed by atoms with Gasteiger partial charge in [-0.1, -0.05) is 30.3 Å². The molecule has 5 heteroatoms. The Morgan fingerprint density at radius 2 is 1.95 bits per heavy atom. The number of nitrogens with zero attached hydrogens (tertiary/aromatic N) is 2. The standard InChI is InChI=1S/C16H20N2O2S/c1-2-6-13(7-3-1)10-15-17-18-16(20-15)12-21-11-14-8-4-5-9-19-14/h1-3,6-7,14H,4-5,8-12H2/t14-/m1/s1. The van der Waals surface area contributed by atoms with Crippen molar-refractivity contribution in [1.29, 1.82) is 0 Å². The van der Waals surface area contributed by atoms with Crippen molar-refractivity contribution in [3.05, 3.63) is 47.7 Å². The van der Waals surface area contributed by atoms with E-state index in [4.69, 9.17) is 9.15 Å².